The maximum atomic E-state index is 10.8. The average molecular weight is 339 g/mol. The summed E-state index contributed by atoms with van der Waals surface area (Å²) in [5.41, 5.74) is 1.14. The van der Waals surface area contributed by atoms with Crippen molar-refractivity contribution >= 4 is 20.6 Å². The lowest BCUT2D eigenvalue weighted by molar-refractivity contribution is -0.384. The second-order valence-electron chi connectivity index (χ2n) is 7.24. The van der Waals surface area contributed by atoms with Gasteiger partial charge >= 0.3 is 8.80 Å². The molecule has 128 valence electrons. The number of benzene rings is 1. The molecule has 0 atom stereocenters. The molecule has 0 radical (unpaired) electrons. The highest BCUT2D eigenvalue weighted by molar-refractivity contribution is 6.65. The van der Waals surface area contributed by atoms with E-state index in [2.05, 4.69) is 0 Å². The Kier molecular flexibility index (Phi) is 5.87. The highest BCUT2D eigenvalue weighted by atomic mass is 28.4. The highest BCUT2D eigenvalue weighted by Crippen LogP contribution is 2.23. The molecular formula is C16H25NO5Si. The second-order valence-corrected chi connectivity index (χ2v) is 9.24. The zero-order valence-electron chi connectivity index (χ0n) is 14.5. The van der Waals surface area contributed by atoms with Crippen LogP contribution in [0.25, 0.3) is 6.08 Å². The first-order valence-corrected chi connectivity index (χ1v) is 9.20. The SMILES string of the molecule is CC(C)(C)O[Si](O)(/C=C/c1ccc([N+](=O)[O-])cc1)OC(C)(C)C. The number of non-ortho nitro benzene ring substituents is 1. The van der Waals surface area contributed by atoms with Crippen LogP contribution >= 0.6 is 0 Å². The quantitative estimate of drug-likeness (QED) is 0.502. The van der Waals surface area contributed by atoms with Crippen LogP contribution in [0.4, 0.5) is 5.69 Å². The first kappa shape index (κ1) is 19.5. The van der Waals surface area contributed by atoms with Gasteiger partial charge in [0.15, 0.2) is 0 Å². The standard InChI is InChI=1S/C16H25NO5Si/c1-15(2,3)21-23(20,22-16(4,5)6)12-11-13-7-9-14(10-8-13)17(18)19/h7-12,20H,1-6H3/b12-11+. The third kappa shape index (κ3) is 7.51. The molecule has 0 unspecified atom stereocenters. The van der Waals surface area contributed by atoms with Crippen LogP contribution in [0.15, 0.2) is 30.0 Å². The first-order chi connectivity index (χ1) is 10.3. The highest BCUT2D eigenvalue weighted by Gasteiger charge is 2.42. The summed E-state index contributed by atoms with van der Waals surface area (Å²) in [7, 11) is -3.55. The zero-order chi connectivity index (χ0) is 17.9. The summed E-state index contributed by atoms with van der Waals surface area (Å²) in [6, 6.07) is 6.04. The molecule has 0 spiro atoms. The maximum absolute atomic E-state index is 10.8. The Morgan fingerprint density at radius 3 is 1.83 bits per heavy atom. The number of hydrogen-bond acceptors (Lipinski definition) is 5. The Balaban J connectivity index is 3.01. The molecule has 0 aliphatic heterocycles. The predicted molar refractivity (Wildman–Crippen MR) is 91.8 cm³/mol. The van der Waals surface area contributed by atoms with Crippen molar-refractivity contribution in [2.45, 2.75) is 52.7 Å². The van der Waals surface area contributed by atoms with E-state index in [4.69, 9.17) is 8.85 Å². The summed E-state index contributed by atoms with van der Waals surface area (Å²) in [5.74, 6) is 0. The van der Waals surface area contributed by atoms with E-state index in [1.54, 1.807) is 18.2 Å². The van der Waals surface area contributed by atoms with Crippen molar-refractivity contribution in [3.8, 4) is 0 Å². The molecule has 0 saturated carbocycles. The van der Waals surface area contributed by atoms with Gasteiger partial charge in [0.05, 0.1) is 16.1 Å². The smallest absolute Gasteiger partial charge is 0.387 e. The monoisotopic (exact) mass is 339 g/mol. The van der Waals surface area contributed by atoms with Gasteiger partial charge in [0.1, 0.15) is 0 Å². The van der Waals surface area contributed by atoms with Crippen molar-refractivity contribution in [3.05, 3.63) is 45.6 Å². The van der Waals surface area contributed by atoms with Crippen LogP contribution in [-0.4, -0.2) is 29.7 Å². The van der Waals surface area contributed by atoms with Gasteiger partial charge in [-0.3, -0.25) is 10.1 Å². The fraction of sp³-hybridized carbons (Fsp3) is 0.500. The molecule has 0 heterocycles. The van der Waals surface area contributed by atoms with Crippen LogP contribution in [-0.2, 0) is 8.85 Å². The summed E-state index contributed by atoms with van der Waals surface area (Å²) in [6.45, 7) is 11.1. The summed E-state index contributed by atoms with van der Waals surface area (Å²) >= 11 is 0. The van der Waals surface area contributed by atoms with Crippen LogP contribution in [0.3, 0.4) is 0 Å². The van der Waals surface area contributed by atoms with Gasteiger partial charge in [0, 0.05) is 12.1 Å². The molecule has 0 bridgehead atoms. The van der Waals surface area contributed by atoms with E-state index in [0.29, 0.717) is 0 Å². The molecule has 23 heavy (non-hydrogen) atoms. The molecule has 0 aliphatic rings. The van der Waals surface area contributed by atoms with Gasteiger partial charge in [-0.1, -0.05) is 6.08 Å². The Hall–Kier alpha value is -1.54. The molecule has 0 aliphatic carbocycles. The number of rotatable bonds is 5. The normalized spacial score (nSPS) is 13.5. The number of nitro groups is 1. The molecule has 0 saturated heterocycles. The third-order valence-corrected chi connectivity index (χ3v) is 4.89. The molecule has 1 rings (SSSR count). The van der Waals surface area contributed by atoms with E-state index in [-0.39, 0.29) is 5.69 Å². The number of hydrogen-bond donors (Lipinski definition) is 1. The summed E-state index contributed by atoms with van der Waals surface area (Å²) < 4.78 is 11.5. The van der Waals surface area contributed by atoms with Crippen molar-refractivity contribution in [3.63, 3.8) is 0 Å². The molecule has 0 aromatic heterocycles. The van der Waals surface area contributed by atoms with Crippen LogP contribution in [0.5, 0.6) is 0 Å². The molecule has 7 heteroatoms. The van der Waals surface area contributed by atoms with E-state index >= 15 is 0 Å². The van der Waals surface area contributed by atoms with Gasteiger partial charge in [-0.15, -0.1) is 0 Å². The Morgan fingerprint density at radius 2 is 1.48 bits per heavy atom. The molecule has 0 amide bonds. The minimum Gasteiger partial charge on any atom is -0.387 e. The molecule has 1 aromatic carbocycles. The Labute approximate surface area is 138 Å². The van der Waals surface area contributed by atoms with E-state index in [9.17, 15) is 14.9 Å². The Bertz CT molecular complexity index is 554. The predicted octanol–water partition coefficient (Wildman–Crippen LogP) is 3.71. The Morgan fingerprint density at radius 1 is 1.04 bits per heavy atom. The summed E-state index contributed by atoms with van der Waals surface area (Å²) in [6.07, 6.45) is 1.66. The van der Waals surface area contributed by atoms with Gasteiger partial charge in [-0.2, -0.15) is 0 Å². The molecule has 1 aromatic rings. The van der Waals surface area contributed by atoms with Crippen LogP contribution < -0.4 is 0 Å². The number of nitrogens with zero attached hydrogens (tertiary/aromatic N) is 1. The minimum atomic E-state index is -3.55. The van der Waals surface area contributed by atoms with Crippen LogP contribution in [0.1, 0.15) is 47.1 Å². The van der Waals surface area contributed by atoms with Crippen LogP contribution in [0.2, 0.25) is 0 Å². The first-order valence-electron chi connectivity index (χ1n) is 7.36. The van der Waals surface area contributed by atoms with Crippen molar-refractivity contribution < 1.29 is 18.6 Å². The molecule has 1 N–H and O–H groups in total. The molecular weight excluding hydrogens is 314 g/mol. The third-order valence-electron chi connectivity index (χ3n) is 2.50. The van der Waals surface area contributed by atoms with E-state index in [1.807, 2.05) is 41.5 Å². The summed E-state index contributed by atoms with van der Waals surface area (Å²) in [5, 5.41) is 10.7. The zero-order valence-corrected chi connectivity index (χ0v) is 15.5. The molecule has 6 nitrogen and oxygen atoms in total. The van der Waals surface area contributed by atoms with Crippen LogP contribution in [0, 0.1) is 10.1 Å². The second kappa shape index (κ2) is 6.92. The topological polar surface area (TPSA) is 81.8 Å². The van der Waals surface area contributed by atoms with Crippen molar-refractivity contribution in [1.82, 2.24) is 0 Å². The van der Waals surface area contributed by atoms with Gasteiger partial charge in [-0.25, -0.2) is 0 Å². The van der Waals surface area contributed by atoms with Crippen molar-refractivity contribution in [2.24, 2.45) is 0 Å². The van der Waals surface area contributed by atoms with Gasteiger partial charge < -0.3 is 13.6 Å². The van der Waals surface area contributed by atoms with Gasteiger partial charge in [-0.05, 0) is 64.9 Å². The largest absolute Gasteiger partial charge is 0.527 e. The van der Waals surface area contributed by atoms with E-state index < -0.39 is 24.9 Å². The number of nitro benzene ring substituents is 1. The fourth-order valence-electron chi connectivity index (χ4n) is 1.87. The van der Waals surface area contributed by atoms with Gasteiger partial charge in [0.25, 0.3) is 5.69 Å². The summed E-state index contributed by atoms with van der Waals surface area (Å²) in [4.78, 5) is 21.0. The lowest BCUT2D eigenvalue weighted by Gasteiger charge is -2.34. The van der Waals surface area contributed by atoms with Gasteiger partial charge in [0.2, 0.25) is 0 Å². The lowest BCUT2D eigenvalue weighted by atomic mass is 10.2. The minimum absolute atomic E-state index is 0.0199. The van der Waals surface area contributed by atoms with Crippen molar-refractivity contribution in [2.75, 3.05) is 0 Å². The maximum Gasteiger partial charge on any atom is 0.527 e. The average Bonchev–Trinajstić information content (AvgIpc) is 2.32. The van der Waals surface area contributed by atoms with E-state index in [0.717, 1.165) is 5.56 Å². The molecule has 0 fully saturated rings. The van der Waals surface area contributed by atoms with Crippen molar-refractivity contribution in [1.29, 1.82) is 0 Å². The van der Waals surface area contributed by atoms with E-state index in [1.165, 1.54) is 17.8 Å². The lowest BCUT2D eigenvalue weighted by Crippen LogP contribution is -2.50. The fourth-order valence-corrected chi connectivity index (χ4v) is 4.21.